The van der Waals surface area contributed by atoms with E-state index in [4.69, 9.17) is 11.6 Å². The predicted molar refractivity (Wildman–Crippen MR) is 84.6 cm³/mol. The summed E-state index contributed by atoms with van der Waals surface area (Å²) >= 11 is 9.72. The molecule has 1 fully saturated rings. The summed E-state index contributed by atoms with van der Waals surface area (Å²) in [5, 5.41) is 11.8. The van der Waals surface area contributed by atoms with E-state index in [1.807, 2.05) is 18.2 Å². The molecule has 1 saturated carbocycles. The quantitative estimate of drug-likeness (QED) is 0.796. The van der Waals surface area contributed by atoms with Crippen molar-refractivity contribution in [2.45, 2.75) is 51.6 Å². The van der Waals surface area contributed by atoms with Crippen molar-refractivity contribution in [3.05, 3.63) is 33.3 Å². The Morgan fingerprint density at radius 1 is 1.42 bits per heavy atom. The minimum Gasteiger partial charge on any atom is -0.389 e. The summed E-state index contributed by atoms with van der Waals surface area (Å²) in [6.45, 7) is 4.42. The van der Waals surface area contributed by atoms with Gasteiger partial charge in [0.15, 0.2) is 0 Å². The number of hydrogen-bond donors (Lipinski definition) is 1. The molecule has 0 heterocycles. The van der Waals surface area contributed by atoms with Gasteiger partial charge in [0.25, 0.3) is 0 Å². The van der Waals surface area contributed by atoms with E-state index in [9.17, 15) is 5.11 Å². The topological polar surface area (TPSA) is 20.2 Å². The van der Waals surface area contributed by atoms with Gasteiger partial charge in [-0.2, -0.15) is 0 Å². The molecule has 1 aromatic rings. The fourth-order valence-electron chi connectivity index (χ4n) is 3.42. The maximum absolute atomic E-state index is 11.1. The Labute approximate surface area is 129 Å². The molecule has 2 unspecified atom stereocenters. The standard InChI is InChI=1S/C16H22BrClO/c1-11(2)14-5-3-4-8-16(14,19)10-12-6-7-13(17)9-15(12)18/h6-7,9,11,14,19H,3-5,8,10H2,1-2H3. The Morgan fingerprint density at radius 2 is 2.16 bits per heavy atom. The number of rotatable bonds is 3. The fraction of sp³-hybridized carbons (Fsp3) is 0.625. The lowest BCUT2D eigenvalue weighted by Gasteiger charge is -2.42. The van der Waals surface area contributed by atoms with Crippen molar-refractivity contribution in [1.29, 1.82) is 0 Å². The normalized spacial score (nSPS) is 27.8. The molecule has 0 radical (unpaired) electrons. The first-order chi connectivity index (χ1) is 8.92. The molecule has 1 nitrogen and oxygen atoms in total. The zero-order valence-corrected chi connectivity index (χ0v) is 14.0. The van der Waals surface area contributed by atoms with E-state index in [1.54, 1.807) is 0 Å². The smallest absolute Gasteiger partial charge is 0.0718 e. The molecule has 1 aliphatic rings. The van der Waals surface area contributed by atoms with Gasteiger partial charge in [0.1, 0.15) is 0 Å². The highest BCUT2D eigenvalue weighted by Gasteiger charge is 2.40. The van der Waals surface area contributed by atoms with Crippen molar-refractivity contribution in [2.75, 3.05) is 0 Å². The Morgan fingerprint density at radius 3 is 2.79 bits per heavy atom. The lowest BCUT2D eigenvalue weighted by atomic mass is 9.68. The molecule has 106 valence electrons. The van der Waals surface area contributed by atoms with Crippen LogP contribution in [0.5, 0.6) is 0 Å². The van der Waals surface area contributed by atoms with Gasteiger partial charge < -0.3 is 5.11 Å². The molecule has 0 aromatic heterocycles. The highest BCUT2D eigenvalue weighted by Crippen LogP contribution is 2.41. The van der Waals surface area contributed by atoms with Crippen LogP contribution in [0.15, 0.2) is 22.7 Å². The summed E-state index contributed by atoms with van der Waals surface area (Å²) < 4.78 is 0.984. The second-order valence-corrected chi connectivity index (χ2v) is 7.44. The summed E-state index contributed by atoms with van der Waals surface area (Å²) in [5.41, 5.74) is 0.462. The van der Waals surface area contributed by atoms with E-state index >= 15 is 0 Å². The molecule has 19 heavy (non-hydrogen) atoms. The number of aliphatic hydroxyl groups is 1. The number of halogens is 2. The van der Waals surface area contributed by atoms with Gasteiger partial charge in [-0.05, 0) is 42.4 Å². The van der Waals surface area contributed by atoms with Crippen LogP contribution >= 0.6 is 27.5 Å². The Bertz CT molecular complexity index is 446. The molecule has 3 heteroatoms. The van der Waals surface area contributed by atoms with Crippen LogP contribution in [-0.4, -0.2) is 10.7 Å². The first-order valence-corrected chi connectivity index (χ1v) is 8.26. The van der Waals surface area contributed by atoms with Crippen LogP contribution in [-0.2, 0) is 6.42 Å². The van der Waals surface area contributed by atoms with Gasteiger partial charge in [0.05, 0.1) is 5.60 Å². The first kappa shape index (κ1) is 15.3. The molecule has 0 bridgehead atoms. The van der Waals surface area contributed by atoms with Crippen LogP contribution in [0, 0.1) is 11.8 Å². The highest BCUT2D eigenvalue weighted by molar-refractivity contribution is 9.10. The predicted octanol–water partition coefficient (Wildman–Crippen LogP) is 5.22. The van der Waals surface area contributed by atoms with E-state index in [0.29, 0.717) is 18.3 Å². The van der Waals surface area contributed by atoms with Gasteiger partial charge in [-0.15, -0.1) is 0 Å². The van der Waals surface area contributed by atoms with Gasteiger partial charge in [0, 0.05) is 15.9 Å². The van der Waals surface area contributed by atoms with Crippen molar-refractivity contribution >= 4 is 27.5 Å². The minimum atomic E-state index is -0.593. The molecule has 2 rings (SSSR count). The largest absolute Gasteiger partial charge is 0.389 e. The summed E-state index contributed by atoms with van der Waals surface area (Å²) in [5.74, 6) is 0.889. The molecule has 0 saturated heterocycles. The lowest BCUT2D eigenvalue weighted by molar-refractivity contribution is -0.0652. The fourth-order valence-corrected chi connectivity index (χ4v) is 4.16. The van der Waals surface area contributed by atoms with E-state index < -0.39 is 5.60 Å². The maximum atomic E-state index is 11.1. The highest BCUT2D eigenvalue weighted by atomic mass is 79.9. The van der Waals surface area contributed by atoms with Crippen molar-refractivity contribution in [1.82, 2.24) is 0 Å². The Balaban J connectivity index is 2.23. The molecular weight excluding hydrogens is 324 g/mol. The van der Waals surface area contributed by atoms with E-state index in [1.165, 1.54) is 6.42 Å². The van der Waals surface area contributed by atoms with E-state index in [-0.39, 0.29) is 0 Å². The van der Waals surface area contributed by atoms with Gasteiger partial charge in [0.2, 0.25) is 0 Å². The van der Waals surface area contributed by atoms with Gasteiger partial charge >= 0.3 is 0 Å². The lowest BCUT2D eigenvalue weighted by Crippen LogP contribution is -2.45. The molecule has 1 N–H and O–H groups in total. The molecule has 2 atom stereocenters. The van der Waals surface area contributed by atoms with Crippen LogP contribution < -0.4 is 0 Å². The molecule has 0 spiro atoms. The molecule has 1 aliphatic carbocycles. The third-order valence-electron chi connectivity index (χ3n) is 4.38. The molecule has 1 aromatic carbocycles. The van der Waals surface area contributed by atoms with Crippen LogP contribution in [0.3, 0.4) is 0 Å². The second kappa shape index (κ2) is 6.15. The van der Waals surface area contributed by atoms with Gasteiger partial charge in [-0.1, -0.05) is 60.3 Å². The van der Waals surface area contributed by atoms with Crippen LogP contribution in [0.2, 0.25) is 5.02 Å². The van der Waals surface area contributed by atoms with Gasteiger partial charge in [-0.25, -0.2) is 0 Å². The summed E-state index contributed by atoms with van der Waals surface area (Å²) in [6.07, 6.45) is 5.04. The van der Waals surface area contributed by atoms with E-state index in [2.05, 4.69) is 29.8 Å². The molecule has 0 amide bonds. The van der Waals surface area contributed by atoms with E-state index in [0.717, 1.165) is 34.3 Å². The van der Waals surface area contributed by atoms with Crippen LogP contribution in [0.1, 0.15) is 45.1 Å². The molecule has 0 aliphatic heterocycles. The van der Waals surface area contributed by atoms with Crippen LogP contribution in [0.4, 0.5) is 0 Å². The third kappa shape index (κ3) is 3.53. The monoisotopic (exact) mass is 344 g/mol. The van der Waals surface area contributed by atoms with Crippen molar-refractivity contribution < 1.29 is 5.11 Å². The number of hydrogen-bond acceptors (Lipinski definition) is 1. The summed E-state index contributed by atoms with van der Waals surface area (Å²) in [7, 11) is 0. The Kier molecular flexibility index (Phi) is 4.97. The van der Waals surface area contributed by atoms with Crippen molar-refractivity contribution in [2.24, 2.45) is 11.8 Å². The number of benzene rings is 1. The minimum absolute atomic E-state index is 0.376. The Hall–Kier alpha value is -0.0500. The average molecular weight is 346 g/mol. The summed E-state index contributed by atoms with van der Waals surface area (Å²) in [4.78, 5) is 0. The zero-order valence-electron chi connectivity index (χ0n) is 11.6. The van der Waals surface area contributed by atoms with Crippen molar-refractivity contribution in [3.63, 3.8) is 0 Å². The van der Waals surface area contributed by atoms with Crippen molar-refractivity contribution in [3.8, 4) is 0 Å². The van der Waals surface area contributed by atoms with Gasteiger partial charge in [-0.3, -0.25) is 0 Å². The summed E-state index contributed by atoms with van der Waals surface area (Å²) in [6, 6.07) is 5.93. The average Bonchev–Trinajstić information content (AvgIpc) is 2.33. The SMILES string of the molecule is CC(C)C1CCCCC1(O)Cc1ccc(Br)cc1Cl. The third-order valence-corrected chi connectivity index (χ3v) is 5.23. The maximum Gasteiger partial charge on any atom is 0.0718 e. The van der Waals surface area contributed by atoms with Crippen LogP contribution in [0.25, 0.3) is 0 Å². The second-order valence-electron chi connectivity index (χ2n) is 6.11. The zero-order chi connectivity index (χ0) is 14.0. The molecular formula is C16H22BrClO. The first-order valence-electron chi connectivity index (χ1n) is 7.09.